The van der Waals surface area contributed by atoms with Gasteiger partial charge in [-0.1, -0.05) is 0 Å². The number of benzene rings is 4. The fraction of sp³-hybridized carbons (Fsp3) is 0.0741. The van der Waals surface area contributed by atoms with Crippen LogP contribution in [0.4, 0.5) is 11.4 Å². The molecule has 1 aliphatic heterocycles. The zero-order valence-electron chi connectivity index (χ0n) is 18.4. The molecule has 0 saturated carbocycles. The van der Waals surface area contributed by atoms with Crippen LogP contribution in [0.1, 0.15) is 11.1 Å². The Kier molecular flexibility index (Phi) is 5.64. The van der Waals surface area contributed by atoms with Crippen LogP contribution in [0.25, 0.3) is 33.4 Å². The van der Waals surface area contributed by atoms with E-state index in [0.717, 1.165) is 27.9 Å². The molecule has 174 valence electrons. The Hall–Kier alpha value is -3.25. The van der Waals surface area contributed by atoms with Crippen LogP contribution in [-0.4, -0.2) is 13.0 Å². The van der Waals surface area contributed by atoms with E-state index in [2.05, 4.69) is 5.32 Å². The van der Waals surface area contributed by atoms with Crippen molar-refractivity contribution in [2.24, 2.45) is 0 Å². The molecule has 1 aliphatic carbocycles. The number of fused-ring (bicyclic) bond motifs is 2. The fourth-order valence-electron chi connectivity index (χ4n) is 4.27. The molecule has 0 radical (unpaired) electrons. The summed E-state index contributed by atoms with van der Waals surface area (Å²) >= 11 is 5.00. The van der Waals surface area contributed by atoms with E-state index in [0.29, 0.717) is 32.2 Å². The first-order valence-corrected chi connectivity index (χ1v) is 12.5. The van der Waals surface area contributed by atoms with E-state index in [9.17, 15) is 13.0 Å². The Morgan fingerprint density at radius 1 is 0.853 bits per heavy atom. The molecule has 0 unspecified atom stereocenters. The molecule has 7 heteroatoms. The third-order valence-corrected chi connectivity index (χ3v) is 7.07. The van der Waals surface area contributed by atoms with E-state index in [1.165, 1.54) is 6.07 Å². The molecule has 2 N–H and O–H groups in total. The van der Waals surface area contributed by atoms with Crippen molar-refractivity contribution in [3.8, 4) is 22.5 Å². The number of anilines is 2. The molecule has 5 nitrogen and oxygen atoms in total. The second-order valence-corrected chi connectivity index (χ2v) is 10.1. The van der Waals surface area contributed by atoms with E-state index in [-0.39, 0.29) is 4.90 Å². The molecule has 1 heterocycles. The Morgan fingerprint density at radius 3 is 2.32 bits per heavy atom. The van der Waals surface area contributed by atoms with Gasteiger partial charge in [0.2, 0.25) is 0 Å². The van der Waals surface area contributed by atoms with Crippen molar-refractivity contribution in [2.45, 2.75) is 18.7 Å². The van der Waals surface area contributed by atoms with E-state index in [1.807, 2.05) is 56.3 Å². The van der Waals surface area contributed by atoms with Crippen LogP contribution >= 0.6 is 0 Å². The summed E-state index contributed by atoms with van der Waals surface area (Å²) < 4.78 is 41.2. The molecule has 0 atom stereocenters. The van der Waals surface area contributed by atoms with Crippen LogP contribution in [0.3, 0.4) is 0 Å². The van der Waals surface area contributed by atoms with E-state index >= 15 is 0 Å². The molecule has 0 fully saturated rings. The molecule has 5 rings (SSSR count). The first-order valence-electron chi connectivity index (χ1n) is 10.6. The standard InChI is InChI=1S/C27H21NO4S.Ni/c1-17-8-7-9-18(2)27(17)28-19-14-15-21-24(16-19)32-23-12-5-3-10-20(23)26(21)22-11-4-6-13-25(22)33(29,30)31;/h3-4,6-16,28H,1-2H3,(H,29,30,31);. The van der Waals surface area contributed by atoms with Gasteiger partial charge in [-0.3, -0.25) is 0 Å². The predicted molar refractivity (Wildman–Crippen MR) is 131 cm³/mol. The molecule has 0 spiro atoms. The van der Waals surface area contributed by atoms with Crippen LogP contribution in [0.2, 0.25) is 0 Å². The second kappa shape index (κ2) is 8.51. The van der Waals surface area contributed by atoms with Gasteiger partial charge >= 0.3 is 206 Å². The summed E-state index contributed by atoms with van der Waals surface area (Å²) in [5.41, 5.74) is 6.42. The Balaban J connectivity index is 1.80. The number of hydrogen-bond donors (Lipinski definition) is 2. The van der Waals surface area contributed by atoms with Crippen molar-refractivity contribution < 1.29 is 32.4 Å². The van der Waals surface area contributed by atoms with Gasteiger partial charge in [0.1, 0.15) is 0 Å². The summed E-state index contributed by atoms with van der Waals surface area (Å²) in [7, 11) is -4.45. The average molecular weight is 514 g/mol. The van der Waals surface area contributed by atoms with Crippen LogP contribution in [0.5, 0.6) is 0 Å². The third-order valence-electron chi connectivity index (χ3n) is 5.85. The van der Waals surface area contributed by atoms with Crippen LogP contribution in [0, 0.1) is 18.0 Å². The molecule has 0 aromatic heterocycles. The number of aryl methyl sites for hydroxylation is 2. The molecular weight excluding hydrogens is 493 g/mol. The van der Waals surface area contributed by atoms with Crippen molar-refractivity contribution in [3.05, 3.63) is 94.1 Å². The zero-order chi connectivity index (χ0) is 24.0. The molecule has 0 saturated heterocycles. The van der Waals surface area contributed by atoms with Gasteiger partial charge in [0.15, 0.2) is 0 Å². The average Bonchev–Trinajstić information content (AvgIpc) is 2.79. The van der Waals surface area contributed by atoms with Gasteiger partial charge in [-0.15, -0.1) is 0 Å². The maximum absolute atomic E-state index is 12.2. The van der Waals surface area contributed by atoms with Gasteiger partial charge in [0, 0.05) is 0 Å². The maximum atomic E-state index is 12.2. The van der Waals surface area contributed by atoms with E-state index < -0.39 is 10.1 Å². The minimum absolute atomic E-state index is 0.160. The summed E-state index contributed by atoms with van der Waals surface area (Å²) in [6, 6.07) is 23.6. The fourth-order valence-corrected chi connectivity index (χ4v) is 5.18. The topological polar surface area (TPSA) is 79.5 Å². The van der Waals surface area contributed by atoms with Gasteiger partial charge in [-0.05, 0) is 0 Å². The van der Waals surface area contributed by atoms with E-state index in [4.69, 9.17) is 19.4 Å². The Morgan fingerprint density at radius 2 is 1.59 bits per heavy atom. The van der Waals surface area contributed by atoms with Crippen LogP contribution < -0.4 is 5.32 Å². The zero-order valence-corrected chi connectivity index (χ0v) is 20.2. The first-order chi connectivity index (χ1) is 16.2. The summed E-state index contributed by atoms with van der Waals surface area (Å²) in [5, 5.41) is 4.19. The summed E-state index contributed by atoms with van der Waals surface area (Å²) in [4.78, 5) is -0.160. The molecule has 0 bridgehead atoms. The summed E-state index contributed by atoms with van der Waals surface area (Å²) in [6.07, 6.45) is 0. The Bertz CT molecular complexity index is 1690. The van der Waals surface area contributed by atoms with Crippen LogP contribution in [0.15, 0.2) is 88.2 Å². The molecule has 34 heavy (non-hydrogen) atoms. The number of rotatable bonds is 4. The monoisotopic (exact) mass is 513 g/mol. The third kappa shape index (κ3) is 4.07. The van der Waals surface area contributed by atoms with Crippen molar-refractivity contribution >= 4 is 32.5 Å². The Labute approximate surface area is 205 Å². The normalized spacial score (nSPS) is 11.8. The van der Waals surface area contributed by atoms with Crippen molar-refractivity contribution in [2.75, 3.05) is 5.32 Å². The minimum atomic E-state index is -4.45. The number of hydrogen-bond acceptors (Lipinski definition) is 4. The first kappa shape index (κ1) is 22.5. The quantitative estimate of drug-likeness (QED) is 0.155. The number of para-hydroxylation sites is 1. The molecule has 3 aromatic carbocycles. The van der Waals surface area contributed by atoms with Gasteiger partial charge < -0.3 is 0 Å². The van der Waals surface area contributed by atoms with Gasteiger partial charge in [-0.2, -0.15) is 0 Å². The molecule has 3 aromatic rings. The van der Waals surface area contributed by atoms with Gasteiger partial charge in [0.05, 0.1) is 0 Å². The number of nitrogens with one attached hydrogen (secondary N) is 1. The molecular formula is C27H21NNiO4S. The van der Waals surface area contributed by atoms with Crippen LogP contribution in [-0.2, 0) is 25.1 Å². The van der Waals surface area contributed by atoms with Gasteiger partial charge in [-0.25, -0.2) is 0 Å². The van der Waals surface area contributed by atoms with Crippen molar-refractivity contribution in [1.82, 2.24) is 0 Å². The SMILES string of the molecule is Cc1cccc(C)c1Nc1ccc2c(-c3ccccc3S(=O)(=O)O)c3cc[c](=[Ni])cc-3oc2c1. The summed E-state index contributed by atoms with van der Waals surface area (Å²) in [6.45, 7) is 4.09. The second-order valence-electron chi connectivity index (χ2n) is 8.16. The van der Waals surface area contributed by atoms with Gasteiger partial charge in [0.25, 0.3) is 0 Å². The predicted octanol–water partition coefficient (Wildman–Crippen LogP) is 6.89. The van der Waals surface area contributed by atoms with Crippen molar-refractivity contribution in [3.63, 3.8) is 0 Å². The molecule has 2 aliphatic rings. The van der Waals surface area contributed by atoms with E-state index in [1.54, 1.807) is 30.3 Å². The van der Waals surface area contributed by atoms with Crippen molar-refractivity contribution in [1.29, 1.82) is 0 Å². The summed E-state index contributed by atoms with van der Waals surface area (Å²) in [5.74, 6) is 0.542. The molecule has 0 amide bonds.